The van der Waals surface area contributed by atoms with E-state index in [1.54, 1.807) is 17.0 Å². The van der Waals surface area contributed by atoms with Crippen LogP contribution >= 0.6 is 0 Å². The molecule has 0 bridgehead atoms. The van der Waals surface area contributed by atoms with Gasteiger partial charge in [0.25, 0.3) is 5.91 Å². The minimum absolute atomic E-state index is 0.175. The van der Waals surface area contributed by atoms with E-state index in [2.05, 4.69) is 11.8 Å². The summed E-state index contributed by atoms with van der Waals surface area (Å²) in [6, 6.07) is 5.04. The van der Waals surface area contributed by atoms with Gasteiger partial charge >= 0.3 is 0 Å². The Morgan fingerprint density at radius 3 is 2.57 bits per heavy atom. The predicted molar refractivity (Wildman–Crippen MR) is 81.7 cm³/mol. The van der Waals surface area contributed by atoms with Crippen molar-refractivity contribution in [2.75, 3.05) is 32.7 Å². The fraction of sp³-hybridized carbons (Fsp3) is 0.562. The molecular formula is C16H24FN3O. The maximum atomic E-state index is 13.8. The second-order valence-corrected chi connectivity index (χ2v) is 5.61. The third-order valence-electron chi connectivity index (χ3n) is 4.21. The minimum Gasteiger partial charge on any atom is -0.336 e. The van der Waals surface area contributed by atoms with E-state index in [9.17, 15) is 9.18 Å². The fourth-order valence-electron chi connectivity index (χ4n) is 2.84. The number of carbonyl (C=O) groups is 1. The molecule has 2 N–H and O–H groups in total. The standard InChI is InChI=1S/C16H24FN3O/c1-3-13(11-18)19-6-8-20(9-7-19)16(21)14-10-12(2)4-5-15(14)17/h4-5,10,13H,3,6-9,11,18H2,1-2H3. The van der Waals surface area contributed by atoms with Crippen LogP contribution in [0.15, 0.2) is 18.2 Å². The number of hydrogen-bond donors (Lipinski definition) is 1. The molecule has 21 heavy (non-hydrogen) atoms. The molecule has 5 heteroatoms. The molecule has 1 unspecified atom stereocenters. The minimum atomic E-state index is -0.443. The van der Waals surface area contributed by atoms with Crippen molar-refractivity contribution in [1.82, 2.24) is 9.80 Å². The Morgan fingerprint density at radius 2 is 2.00 bits per heavy atom. The SMILES string of the molecule is CCC(CN)N1CCN(C(=O)c2cc(C)ccc2F)CC1. The second kappa shape index (κ2) is 7.00. The van der Waals surface area contributed by atoms with Crippen LogP contribution in [0.1, 0.15) is 29.3 Å². The summed E-state index contributed by atoms with van der Waals surface area (Å²) in [5.74, 6) is -0.655. The maximum absolute atomic E-state index is 13.8. The fourth-order valence-corrected chi connectivity index (χ4v) is 2.84. The summed E-state index contributed by atoms with van der Waals surface area (Å²) in [5.41, 5.74) is 6.84. The molecule has 1 aromatic carbocycles. The van der Waals surface area contributed by atoms with Crippen molar-refractivity contribution in [2.24, 2.45) is 5.73 Å². The van der Waals surface area contributed by atoms with Gasteiger partial charge in [-0.15, -0.1) is 0 Å². The van der Waals surface area contributed by atoms with Crippen molar-refractivity contribution >= 4 is 5.91 Å². The van der Waals surface area contributed by atoms with Gasteiger partial charge in [0.15, 0.2) is 0 Å². The zero-order valence-electron chi connectivity index (χ0n) is 12.8. The lowest BCUT2D eigenvalue weighted by molar-refractivity contribution is 0.0567. The second-order valence-electron chi connectivity index (χ2n) is 5.61. The Morgan fingerprint density at radius 1 is 1.33 bits per heavy atom. The molecule has 2 rings (SSSR count). The summed E-state index contributed by atoms with van der Waals surface area (Å²) in [4.78, 5) is 16.5. The number of amides is 1. The van der Waals surface area contributed by atoms with Gasteiger partial charge in [0, 0.05) is 38.8 Å². The van der Waals surface area contributed by atoms with Crippen molar-refractivity contribution in [3.05, 3.63) is 35.1 Å². The van der Waals surface area contributed by atoms with Gasteiger partial charge in [-0.1, -0.05) is 18.6 Å². The first-order chi connectivity index (χ1) is 10.1. The number of carbonyl (C=O) groups excluding carboxylic acids is 1. The van der Waals surface area contributed by atoms with Crippen molar-refractivity contribution in [3.8, 4) is 0 Å². The van der Waals surface area contributed by atoms with E-state index in [0.29, 0.717) is 25.7 Å². The highest BCUT2D eigenvalue weighted by Gasteiger charge is 2.26. The number of nitrogens with zero attached hydrogens (tertiary/aromatic N) is 2. The monoisotopic (exact) mass is 293 g/mol. The molecule has 0 aromatic heterocycles. The van der Waals surface area contributed by atoms with Crippen molar-refractivity contribution in [2.45, 2.75) is 26.3 Å². The van der Waals surface area contributed by atoms with E-state index in [4.69, 9.17) is 5.73 Å². The number of hydrogen-bond acceptors (Lipinski definition) is 3. The van der Waals surface area contributed by atoms with E-state index < -0.39 is 5.82 Å². The van der Waals surface area contributed by atoms with Gasteiger partial charge in [0.1, 0.15) is 5.82 Å². The first-order valence-electron chi connectivity index (χ1n) is 7.56. The molecule has 1 aliphatic heterocycles. The first-order valence-corrected chi connectivity index (χ1v) is 7.56. The van der Waals surface area contributed by atoms with Gasteiger partial charge in [0.2, 0.25) is 0 Å². The molecule has 0 spiro atoms. The molecule has 1 heterocycles. The smallest absolute Gasteiger partial charge is 0.256 e. The highest BCUT2D eigenvalue weighted by molar-refractivity contribution is 5.94. The average Bonchev–Trinajstić information content (AvgIpc) is 2.51. The third-order valence-corrected chi connectivity index (χ3v) is 4.21. The molecule has 1 fully saturated rings. The highest BCUT2D eigenvalue weighted by atomic mass is 19.1. The lowest BCUT2D eigenvalue weighted by atomic mass is 10.1. The van der Waals surface area contributed by atoms with Gasteiger partial charge in [-0.05, 0) is 25.5 Å². The molecule has 116 valence electrons. The van der Waals surface area contributed by atoms with Gasteiger partial charge in [0.05, 0.1) is 5.56 Å². The molecular weight excluding hydrogens is 269 g/mol. The summed E-state index contributed by atoms with van der Waals surface area (Å²) >= 11 is 0. The third kappa shape index (κ3) is 3.60. The van der Waals surface area contributed by atoms with Crippen molar-refractivity contribution < 1.29 is 9.18 Å². The van der Waals surface area contributed by atoms with Gasteiger partial charge in [-0.25, -0.2) is 4.39 Å². The van der Waals surface area contributed by atoms with Crippen LogP contribution in [-0.4, -0.2) is 54.5 Å². The number of benzene rings is 1. The number of aryl methyl sites for hydroxylation is 1. The Balaban J connectivity index is 2.02. The molecule has 0 aliphatic carbocycles. The van der Waals surface area contributed by atoms with E-state index in [0.717, 1.165) is 25.1 Å². The van der Waals surface area contributed by atoms with Crippen LogP contribution in [0.3, 0.4) is 0 Å². The van der Waals surface area contributed by atoms with E-state index >= 15 is 0 Å². The Labute approximate surface area is 125 Å². The lowest BCUT2D eigenvalue weighted by Crippen LogP contribution is -2.53. The van der Waals surface area contributed by atoms with E-state index in [1.165, 1.54) is 6.07 Å². The molecule has 4 nitrogen and oxygen atoms in total. The van der Waals surface area contributed by atoms with Crippen LogP contribution in [0.4, 0.5) is 4.39 Å². The summed E-state index contributed by atoms with van der Waals surface area (Å²) < 4.78 is 13.8. The molecule has 1 saturated heterocycles. The molecule has 0 saturated carbocycles. The largest absolute Gasteiger partial charge is 0.336 e. The highest BCUT2D eigenvalue weighted by Crippen LogP contribution is 2.15. The zero-order valence-corrected chi connectivity index (χ0v) is 12.8. The van der Waals surface area contributed by atoms with Gasteiger partial charge in [-0.3, -0.25) is 9.69 Å². The van der Waals surface area contributed by atoms with Crippen molar-refractivity contribution in [1.29, 1.82) is 0 Å². The molecule has 1 atom stereocenters. The average molecular weight is 293 g/mol. The van der Waals surface area contributed by atoms with Crippen LogP contribution in [0, 0.1) is 12.7 Å². The normalized spacial score (nSPS) is 17.8. The van der Waals surface area contributed by atoms with Crippen LogP contribution in [0.2, 0.25) is 0 Å². The van der Waals surface area contributed by atoms with Gasteiger partial charge < -0.3 is 10.6 Å². The summed E-state index contributed by atoms with van der Waals surface area (Å²) in [5, 5.41) is 0. The molecule has 1 aliphatic rings. The lowest BCUT2D eigenvalue weighted by Gasteiger charge is -2.38. The quantitative estimate of drug-likeness (QED) is 0.918. The van der Waals surface area contributed by atoms with Gasteiger partial charge in [-0.2, -0.15) is 0 Å². The summed E-state index contributed by atoms with van der Waals surface area (Å²) in [6.07, 6.45) is 1.01. The van der Waals surface area contributed by atoms with E-state index in [1.807, 2.05) is 6.92 Å². The van der Waals surface area contributed by atoms with Crippen molar-refractivity contribution in [3.63, 3.8) is 0 Å². The zero-order chi connectivity index (χ0) is 15.4. The van der Waals surface area contributed by atoms with Crippen LogP contribution < -0.4 is 5.73 Å². The number of piperazine rings is 1. The first kappa shape index (κ1) is 15.9. The number of nitrogens with two attached hydrogens (primary N) is 1. The van der Waals surface area contributed by atoms with Crippen LogP contribution in [-0.2, 0) is 0 Å². The topological polar surface area (TPSA) is 49.6 Å². The van der Waals surface area contributed by atoms with Crippen LogP contribution in [0.25, 0.3) is 0 Å². The Hall–Kier alpha value is -1.46. The Kier molecular flexibility index (Phi) is 5.31. The molecule has 0 radical (unpaired) electrons. The molecule has 1 amide bonds. The predicted octanol–water partition coefficient (Wildman–Crippen LogP) is 1.63. The van der Waals surface area contributed by atoms with E-state index in [-0.39, 0.29) is 11.5 Å². The number of halogens is 1. The maximum Gasteiger partial charge on any atom is 0.256 e. The number of rotatable bonds is 4. The van der Waals surface area contributed by atoms with Crippen LogP contribution in [0.5, 0.6) is 0 Å². The summed E-state index contributed by atoms with van der Waals surface area (Å²) in [7, 11) is 0. The Bertz CT molecular complexity index is 494. The molecule has 1 aromatic rings. The summed E-state index contributed by atoms with van der Waals surface area (Å²) in [6.45, 7) is 7.48.